The van der Waals surface area contributed by atoms with Crippen molar-refractivity contribution < 1.29 is 9.47 Å². The van der Waals surface area contributed by atoms with Gasteiger partial charge in [-0.05, 0) is 12.8 Å². The average Bonchev–Trinajstić information content (AvgIpc) is 2.64. The zero-order valence-electron chi connectivity index (χ0n) is 19.0. The van der Waals surface area contributed by atoms with Gasteiger partial charge in [0.15, 0.2) is 0 Å². The molecular weight excluding hydrogens is 431 g/mol. The molecule has 1 aromatic rings. The van der Waals surface area contributed by atoms with Gasteiger partial charge in [0.1, 0.15) is 0 Å². The van der Waals surface area contributed by atoms with Gasteiger partial charge in [0.05, 0.1) is 0 Å². The minimum Gasteiger partial charge on any atom is -0.0632 e. The fourth-order valence-electron chi connectivity index (χ4n) is 3.51. The summed E-state index contributed by atoms with van der Waals surface area (Å²) in [5, 5.41) is -0.336. The zero-order chi connectivity index (χ0) is 20.9. The molecule has 0 saturated carbocycles. The Morgan fingerprint density at radius 3 is 1.93 bits per heavy atom. The normalized spacial score (nSPS) is 13.6. The fraction of sp³-hybridized carbons (Fsp3) is 0.750. The molecule has 0 aliphatic carbocycles. The third-order valence-corrected chi connectivity index (χ3v) is 8.17. The molecule has 1 aromatic carbocycles. The van der Waals surface area contributed by atoms with E-state index in [-0.39, 0.29) is 6.29 Å². The monoisotopic (exact) mass is 474 g/mol. The molecule has 2 nitrogen and oxygen atoms in total. The van der Waals surface area contributed by atoms with Gasteiger partial charge in [-0.25, -0.2) is 0 Å². The topological polar surface area (TPSA) is 18.5 Å². The van der Waals surface area contributed by atoms with Crippen molar-refractivity contribution in [3.05, 3.63) is 29.8 Å². The first-order valence-corrected chi connectivity index (χ1v) is 16.9. The quantitative estimate of drug-likeness (QED) is 0.140. The summed E-state index contributed by atoms with van der Waals surface area (Å²) in [5.74, 6) is 0. The molecule has 0 saturated heterocycles. The van der Waals surface area contributed by atoms with Gasteiger partial charge in [-0.15, -0.1) is 0 Å². The number of benzene rings is 1. The SMILES string of the molecule is CCCOC(CCCCCCCCc1ccccc1P(C)(C)(C)Br)OCCC. The van der Waals surface area contributed by atoms with Crippen LogP contribution in [0.1, 0.15) is 77.2 Å². The Morgan fingerprint density at radius 1 is 0.821 bits per heavy atom. The summed E-state index contributed by atoms with van der Waals surface area (Å²) in [6, 6.07) is 9.01. The summed E-state index contributed by atoms with van der Waals surface area (Å²) >= 11 is 4.05. The van der Waals surface area contributed by atoms with Crippen molar-refractivity contribution >= 4 is 26.1 Å². The average molecular weight is 475 g/mol. The second-order valence-electron chi connectivity index (χ2n) is 9.06. The van der Waals surface area contributed by atoms with Crippen LogP contribution in [0.5, 0.6) is 0 Å². The molecule has 28 heavy (non-hydrogen) atoms. The van der Waals surface area contributed by atoms with E-state index in [1.54, 1.807) is 5.30 Å². The summed E-state index contributed by atoms with van der Waals surface area (Å²) in [6.07, 6.45) is 12.1. The van der Waals surface area contributed by atoms with Crippen LogP contribution in [-0.4, -0.2) is 39.5 Å². The summed E-state index contributed by atoms with van der Waals surface area (Å²) in [6.45, 7) is 13.1. The molecule has 0 heterocycles. The first kappa shape index (κ1) is 26.1. The molecule has 0 atom stereocenters. The molecule has 0 aliphatic heterocycles. The number of unbranched alkanes of at least 4 members (excludes halogenated alkanes) is 5. The predicted octanol–water partition coefficient (Wildman–Crippen LogP) is 7.52. The van der Waals surface area contributed by atoms with Crippen molar-refractivity contribution in [3.8, 4) is 0 Å². The maximum atomic E-state index is 5.81. The minimum atomic E-state index is -1.88. The van der Waals surface area contributed by atoms with Crippen molar-refractivity contribution in [1.29, 1.82) is 0 Å². The molecule has 0 bridgehead atoms. The maximum absolute atomic E-state index is 5.81. The summed E-state index contributed by atoms with van der Waals surface area (Å²) in [5.41, 5.74) is 1.54. The van der Waals surface area contributed by atoms with Gasteiger partial charge in [0.2, 0.25) is 0 Å². The van der Waals surface area contributed by atoms with Crippen LogP contribution in [0.25, 0.3) is 0 Å². The van der Waals surface area contributed by atoms with Crippen molar-refractivity contribution in [2.45, 2.75) is 84.3 Å². The Morgan fingerprint density at radius 2 is 1.36 bits per heavy atom. The summed E-state index contributed by atoms with van der Waals surface area (Å²) in [4.78, 5) is 0. The Hall–Kier alpha value is 0.0500. The fourth-order valence-corrected chi connectivity index (χ4v) is 6.29. The smallest absolute Gasteiger partial charge is 0.0632 e. The van der Waals surface area contributed by atoms with E-state index >= 15 is 0 Å². The number of ether oxygens (including phenoxy) is 2. The first-order valence-electron chi connectivity index (χ1n) is 11.3. The Labute approximate surface area is 182 Å². The van der Waals surface area contributed by atoms with Crippen LogP contribution in [0.4, 0.5) is 0 Å². The molecule has 0 radical (unpaired) electrons. The number of rotatable bonds is 16. The van der Waals surface area contributed by atoms with E-state index in [1.807, 2.05) is 0 Å². The van der Waals surface area contributed by atoms with Crippen LogP contribution in [0.2, 0.25) is 0 Å². The van der Waals surface area contributed by atoms with Gasteiger partial charge in [-0.2, -0.15) is 0 Å². The molecule has 164 valence electrons. The van der Waals surface area contributed by atoms with Gasteiger partial charge in [0, 0.05) is 13.2 Å². The molecule has 0 amide bonds. The molecule has 0 unspecified atom stereocenters. The molecule has 0 aromatic heterocycles. The molecule has 0 aliphatic rings. The third kappa shape index (κ3) is 11.3. The van der Waals surface area contributed by atoms with Gasteiger partial charge in [-0.1, -0.05) is 13.8 Å². The van der Waals surface area contributed by atoms with Gasteiger partial charge in [-0.3, -0.25) is 0 Å². The van der Waals surface area contributed by atoms with Crippen LogP contribution in [0, 0.1) is 0 Å². The van der Waals surface area contributed by atoms with E-state index < -0.39 is 5.31 Å². The standard InChI is InChI=1S/C24H44BrO2P/c1-6-20-26-24(27-21-7-2)19-13-11-9-8-10-12-16-22-17-14-15-18-23(22)28(3,4,5)25/h14-15,17-18,24H,6-13,16,19-21H2,1-5H3. The van der Waals surface area contributed by atoms with E-state index in [9.17, 15) is 0 Å². The number of hydrogen-bond acceptors (Lipinski definition) is 2. The summed E-state index contributed by atoms with van der Waals surface area (Å²) in [7, 11) is 0. The van der Waals surface area contributed by atoms with E-state index in [0.29, 0.717) is 0 Å². The van der Waals surface area contributed by atoms with Gasteiger partial charge < -0.3 is 0 Å². The van der Waals surface area contributed by atoms with Crippen molar-refractivity contribution in [2.75, 3.05) is 33.2 Å². The number of halogens is 1. The molecule has 0 spiro atoms. The first-order chi connectivity index (χ1) is 13.2. The second kappa shape index (κ2) is 13.4. The zero-order valence-corrected chi connectivity index (χ0v) is 21.5. The Kier molecular flexibility index (Phi) is 12.5. The van der Waals surface area contributed by atoms with Crippen molar-refractivity contribution in [1.82, 2.24) is 0 Å². The molecule has 0 N–H and O–H groups in total. The van der Waals surface area contributed by atoms with Crippen molar-refractivity contribution in [3.63, 3.8) is 0 Å². The number of aryl methyl sites for hydroxylation is 1. The van der Waals surface area contributed by atoms with Crippen molar-refractivity contribution in [2.24, 2.45) is 0 Å². The van der Waals surface area contributed by atoms with Crippen LogP contribution < -0.4 is 5.30 Å². The van der Waals surface area contributed by atoms with Gasteiger partial charge >= 0.3 is 143 Å². The third-order valence-electron chi connectivity index (χ3n) is 4.96. The van der Waals surface area contributed by atoms with E-state index in [4.69, 9.17) is 9.47 Å². The molecular formula is C24H44BrO2P. The second-order valence-corrected chi connectivity index (χ2v) is 22.2. The Balaban J connectivity index is 2.22. The van der Waals surface area contributed by atoms with Crippen LogP contribution in [0.15, 0.2) is 24.3 Å². The van der Waals surface area contributed by atoms with Gasteiger partial charge in [0.25, 0.3) is 0 Å². The van der Waals surface area contributed by atoms with E-state index in [1.165, 1.54) is 50.5 Å². The van der Waals surface area contributed by atoms with Crippen LogP contribution in [-0.2, 0) is 15.9 Å². The molecule has 1 rings (SSSR count). The predicted molar refractivity (Wildman–Crippen MR) is 132 cm³/mol. The summed E-state index contributed by atoms with van der Waals surface area (Å²) < 4.78 is 11.6. The number of hydrogen-bond donors (Lipinski definition) is 0. The van der Waals surface area contributed by atoms with Crippen LogP contribution in [0.3, 0.4) is 0 Å². The molecule has 0 fully saturated rings. The van der Waals surface area contributed by atoms with E-state index in [0.717, 1.165) is 32.5 Å². The molecule has 4 heteroatoms. The Bertz CT molecular complexity index is 522. The van der Waals surface area contributed by atoms with Crippen LogP contribution >= 0.6 is 20.8 Å². The van der Waals surface area contributed by atoms with E-state index in [2.05, 4.69) is 73.6 Å². The minimum absolute atomic E-state index is 0.00860.